The van der Waals surface area contributed by atoms with E-state index in [1.165, 1.54) is 20.3 Å². The van der Waals surface area contributed by atoms with Crippen LogP contribution in [-0.4, -0.2) is 36.7 Å². The maximum atomic E-state index is 15.0. The highest BCUT2D eigenvalue weighted by molar-refractivity contribution is 6.32. The topological polar surface area (TPSA) is 66.6 Å². The molecular weight excluding hydrogens is 457 g/mol. The first-order valence-electron chi connectivity index (χ1n) is 10.8. The van der Waals surface area contributed by atoms with Crippen LogP contribution >= 0.6 is 11.6 Å². The number of hydrogen-bond donors (Lipinski definition) is 2. The maximum Gasteiger partial charge on any atom is 0.322 e. The van der Waals surface area contributed by atoms with E-state index in [0.29, 0.717) is 40.7 Å². The second-order valence-corrected chi connectivity index (χ2v) is 8.45. The Balaban J connectivity index is 1.57. The molecule has 6 nitrogen and oxygen atoms in total. The van der Waals surface area contributed by atoms with Crippen LogP contribution in [0.5, 0.6) is 11.5 Å². The molecule has 2 amide bonds. The van der Waals surface area contributed by atoms with Crippen LogP contribution in [0.4, 0.5) is 14.9 Å². The van der Waals surface area contributed by atoms with Crippen LogP contribution < -0.4 is 14.8 Å². The number of nitrogens with one attached hydrogen (secondary N) is 2. The van der Waals surface area contributed by atoms with Crippen LogP contribution in [0.3, 0.4) is 0 Å². The number of ether oxygens (including phenoxy) is 2. The second-order valence-electron chi connectivity index (χ2n) is 8.05. The summed E-state index contributed by atoms with van der Waals surface area (Å²) >= 11 is 6.29. The average Bonchev–Trinajstić information content (AvgIpc) is 3.23. The van der Waals surface area contributed by atoms with E-state index in [2.05, 4.69) is 10.3 Å². The predicted octanol–water partition coefficient (Wildman–Crippen LogP) is 6.16. The molecule has 0 fully saturated rings. The number of carbonyl (C=O) groups is 1. The van der Waals surface area contributed by atoms with E-state index in [-0.39, 0.29) is 5.82 Å². The summed E-state index contributed by atoms with van der Waals surface area (Å²) in [6.45, 7) is 0.409. The number of urea groups is 1. The SMILES string of the molecule is COc1cc(OC)c(NC(=O)N2CCc3c([nH]c4ccccc34)[C@@H]2c2ccccc2F)cc1Cl. The summed E-state index contributed by atoms with van der Waals surface area (Å²) in [4.78, 5) is 18.6. The normalized spacial score (nSPS) is 15.2. The maximum absolute atomic E-state index is 15.0. The third-order valence-electron chi connectivity index (χ3n) is 6.21. The molecule has 2 heterocycles. The number of anilines is 1. The molecule has 0 unspecified atom stereocenters. The molecule has 2 N–H and O–H groups in total. The molecule has 0 saturated carbocycles. The van der Waals surface area contributed by atoms with E-state index < -0.39 is 12.1 Å². The van der Waals surface area contributed by atoms with Crippen molar-refractivity contribution < 1.29 is 18.7 Å². The molecular formula is C26H23ClFN3O3. The van der Waals surface area contributed by atoms with Gasteiger partial charge in [-0.2, -0.15) is 0 Å². The van der Waals surface area contributed by atoms with Gasteiger partial charge in [-0.25, -0.2) is 9.18 Å². The lowest BCUT2D eigenvalue weighted by Gasteiger charge is -2.36. The molecule has 0 spiro atoms. The lowest BCUT2D eigenvalue weighted by Crippen LogP contribution is -2.43. The van der Waals surface area contributed by atoms with Gasteiger partial charge in [0, 0.05) is 34.8 Å². The third kappa shape index (κ3) is 3.72. The highest BCUT2D eigenvalue weighted by atomic mass is 35.5. The first kappa shape index (κ1) is 22.1. The van der Waals surface area contributed by atoms with Gasteiger partial charge in [0.2, 0.25) is 0 Å². The summed E-state index contributed by atoms with van der Waals surface area (Å²) in [7, 11) is 3.00. The van der Waals surface area contributed by atoms with Gasteiger partial charge in [-0.05, 0) is 30.2 Å². The molecule has 1 aliphatic rings. The average molecular weight is 480 g/mol. The third-order valence-corrected chi connectivity index (χ3v) is 6.51. The standard InChI is InChI=1S/C26H23ClFN3O3/c1-33-22-14-23(34-2)21(13-18(22)27)30-26(32)31-12-11-16-15-7-4-6-10-20(15)29-24(16)25(31)17-8-3-5-9-19(17)28/h3-10,13-14,25,29H,11-12H2,1-2H3,(H,30,32)/t25-/m0/s1. The zero-order chi connectivity index (χ0) is 23.8. The van der Waals surface area contributed by atoms with Crippen molar-refractivity contribution in [3.8, 4) is 11.5 Å². The number of methoxy groups -OCH3 is 2. The number of rotatable bonds is 4. The number of H-pyrrole nitrogens is 1. The van der Waals surface area contributed by atoms with Gasteiger partial charge < -0.3 is 24.7 Å². The van der Waals surface area contributed by atoms with Crippen molar-refractivity contribution >= 4 is 34.2 Å². The molecule has 1 aliphatic heterocycles. The molecule has 8 heteroatoms. The number of nitrogens with zero attached hydrogens (tertiary/aromatic N) is 1. The van der Waals surface area contributed by atoms with E-state index in [1.54, 1.807) is 35.2 Å². The van der Waals surface area contributed by atoms with Crippen LogP contribution in [0.2, 0.25) is 5.02 Å². The first-order valence-corrected chi connectivity index (χ1v) is 11.2. The molecule has 34 heavy (non-hydrogen) atoms. The Labute approximate surface area is 201 Å². The van der Waals surface area contributed by atoms with Gasteiger partial charge in [0.1, 0.15) is 23.4 Å². The Bertz CT molecular complexity index is 1390. The van der Waals surface area contributed by atoms with Crippen molar-refractivity contribution in [3.63, 3.8) is 0 Å². The van der Waals surface area contributed by atoms with E-state index in [9.17, 15) is 4.79 Å². The minimum atomic E-state index is -0.628. The van der Waals surface area contributed by atoms with Gasteiger partial charge >= 0.3 is 6.03 Å². The lowest BCUT2D eigenvalue weighted by molar-refractivity contribution is 0.191. The number of amides is 2. The molecule has 5 rings (SSSR count). The highest BCUT2D eigenvalue weighted by Crippen LogP contribution is 2.41. The summed E-state index contributed by atoms with van der Waals surface area (Å²) in [6.07, 6.45) is 0.637. The molecule has 0 bridgehead atoms. The van der Waals surface area contributed by atoms with Crippen molar-refractivity contribution in [2.45, 2.75) is 12.5 Å². The minimum absolute atomic E-state index is 0.334. The van der Waals surface area contributed by atoms with Crippen LogP contribution in [0.15, 0.2) is 60.7 Å². The van der Waals surface area contributed by atoms with Crippen molar-refractivity contribution in [2.24, 2.45) is 0 Å². The first-order chi connectivity index (χ1) is 16.5. The van der Waals surface area contributed by atoms with Crippen molar-refractivity contribution in [2.75, 3.05) is 26.1 Å². The number of benzene rings is 3. The minimum Gasteiger partial charge on any atom is -0.495 e. The van der Waals surface area contributed by atoms with Crippen molar-refractivity contribution in [1.29, 1.82) is 0 Å². The fourth-order valence-corrected chi connectivity index (χ4v) is 4.87. The highest BCUT2D eigenvalue weighted by Gasteiger charge is 2.36. The van der Waals surface area contributed by atoms with Gasteiger partial charge in [0.15, 0.2) is 0 Å². The summed E-state index contributed by atoms with van der Waals surface area (Å²) in [5.41, 5.74) is 3.68. The molecule has 1 aromatic heterocycles. The number of halogens is 2. The second kappa shape index (κ2) is 8.91. The van der Waals surface area contributed by atoms with Crippen LogP contribution in [0, 0.1) is 5.82 Å². The van der Waals surface area contributed by atoms with Crippen molar-refractivity contribution in [3.05, 3.63) is 88.3 Å². The molecule has 3 aromatic carbocycles. The van der Waals surface area contributed by atoms with E-state index in [0.717, 1.165) is 22.2 Å². The van der Waals surface area contributed by atoms with Gasteiger partial charge in [0.25, 0.3) is 0 Å². The van der Waals surface area contributed by atoms with Crippen LogP contribution in [0.25, 0.3) is 10.9 Å². The van der Waals surface area contributed by atoms with Gasteiger partial charge in [-0.3, -0.25) is 0 Å². The quantitative estimate of drug-likeness (QED) is 0.368. The lowest BCUT2D eigenvalue weighted by atomic mass is 9.92. The molecule has 0 saturated heterocycles. The summed E-state index contributed by atoms with van der Waals surface area (Å²) in [6, 6.07) is 16.7. The van der Waals surface area contributed by atoms with E-state index >= 15 is 4.39 Å². The van der Waals surface area contributed by atoms with Gasteiger partial charge in [0.05, 0.1) is 24.9 Å². The van der Waals surface area contributed by atoms with Gasteiger partial charge in [-0.1, -0.05) is 48.0 Å². The monoisotopic (exact) mass is 479 g/mol. The molecule has 1 atom stereocenters. The Morgan fingerprint density at radius 1 is 1.09 bits per heavy atom. The molecule has 0 radical (unpaired) electrons. The van der Waals surface area contributed by atoms with Crippen LogP contribution in [-0.2, 0) is 6.42 Å². The Kier molecular flexibility index (Phi) is 5.79. The Morgan fingerprint density at radius 3 is 2.59 bits per heavy atom. The van der Waals surface area contributed by atoms with Crippen molar-refractivity contribution in [1.82, 2.24) is 9.88 Å². The Morgan fingerprint density at radius 2 is 1.82 bits per heavy atom. The number of para-hydroxylation sites is 1. The summed E-state index contributed by atoms with van der Waals surface area (Å²) in [5, 5.41) is 4.31. The zero-order valence-corrected chi connectivity index (χ0v) is 19.4. The van der Waals surface area contributed by atoms with Crippen LogP contribution in [0.1, 0.15) is 22.9 Å². The largest absolute Gasteiger partial charge is 0.495 e. The molecule has 0 aliphatic carbocycles. The number of fused-ring (bicyclic) bond motifs is 3. The molecule has 174 valence electrons. The predicted molar refractivity (Wildman–Crippen MR) is 131 cm³/mol. The summed E-state index contributed by atoms with van der Waals surface area (Å²) < 4.78 is 25.7. The van der Waals surface area contributed by atoms with E-state index in [4.69, 9.17) is 21.1 Å². The zero-order valence-electron chi connectivity index (χ0n) is 18.7. The van der Waals surface area contributed by atoms with Gasteiger partial charge in [-0.15, -0.1) is 0 Å². The number of aromatic amines is 1. The van der Waals surface area contributed by atoms with E-state index in [1.807, 2.05) is 24.3 Å². The fourth-order valence-electron chi connectivity index (χ4n) is 4.62. The summed E-state index contributed by atoms with van der Waals surface area (Å²) in [5.74, 6) is 0.462. The smallest absolute Gasteiger partial charge is 0.322 e. The number of carbonyl (C=O) groups excluding carboxylic acids is 1. The number of hydrogen-bond acceptors (Lipinski definition) is 3. The number of aromatic nitrogens is 1. The Hall–Kier alpha value is -3.71. The fraction of sp³-hybridized carbons (Fsp3) is 0.192. The molecule has 4 aromatic rings.